The monoisotopic (exact) mass is 298 g/mol. The molecule has 0 saturated carbocycles. The van der Waals surface area contributed by atoms with Crippen LogP contribution < -0.4 is 5.32 Å². The zero-order valence-electron chi connectivity index (χ0n) is 11.7. The molecule has 0 fully saturated rings. The van der Waals surface area contributed by atoms with Crippen LogP contribution in [0.1, 0.15) is 13.3 Å². The van der Waals surface area contributed by atoms with Crippen LogP contribution in [0.4, 0.5) is 5.69 Å². The first-order valence-electron chi connectivity index (χ1n) is 6.39. The number of ether oxygens (including phenoxy) is 1. The molecule has 0 unspecified atom stereocenters. The van der Waals surface area contributed by atoms with Crippen LogP contribution in [0, 0.1) is 0 Å². The summed E-state index contributed by atoms with van der Waals surface area (Å²) in [7, 11) is 1.35. The Labute approximate surface area is 123 Å². The first-order valence-corrected chi connectivity index (χ1v) is 6.77. The molecular formula is C14H19ClN2O3. The van der Waals surface area contributed by atoms with Gasteiger partial charge in [0.2, 0.25) is 5.91 Å². The number of esters is 1. The standard InChI is InChI=1S/C14H19ClN2O3/c1-3-17(10-14(19)20-2)8-7-13(18)16-12-6-4-5-11(15)9-12/h4-6,9H,3,7-8,10H2,1-2H3,(H,16,18). The van der Waals surface area contributed by atoms with Gasteiger partial charge in [-0.05, 0) is 24.7 Å². The second kappa shape index (κ2) is 8.55. The van der Waals surface area contributed by atoms with E-state index >= 15 is 0 Å². The van der Waals surface area contributed by atoms with Crippen molar-refractivity contribution in [3.05, 3.63) is 29.3 Å². The fourth-order valence-corrected chi connectivity index (χ4v) is 1.84. The molecule has 0 saturated heterocycles. The highest BCUT2D eigenvalue weighted by Gasteiger charge is 2.11. The topological polar surface area (TPSA) is 58.6 Å². The van der Waals surface area contributed by atoms with E-state index in [1.54, 1.807) is 24.3 Å². The Morgan fingerprint density at radius 2 is 2.15 bits per heavy atom. The molecule has 20 heavy (non-hydrogen) atoms. The molecule has 6 heteroatoms. The van der Waals surface area contributed by atoms with Gasteiger partial charge in [0.15, 0.2) is 0 Å². The van der Waals surface area contributed by atoms with Gasteiger partial charge in [0.05, 0.1) is 13.7 Å². The summed E-state index contributed by atoms with van der Waals surface area (Å²) in [5.74, 6) is -0.419. The Hall–Kier alpha value is -1.59. The summed E-state index contributed by atoms with van der Waals surface area (Å²) in [4.78, 5) is 24.8. The number of likely N-dealkylation sites (N-methyl/N-ethyl adjacent to an activating group) is 1. The third-order valence-electron chi connectivity index (χ3n) is 2.79. The smallest absolute Gasteiger partial charge is 0.319 e. The van der Waals surface area contributed by atoms with Crippen molar-refractivity contribution in [2.24, 2.45) is 0 Å². The van der Waals surface area contributed by atoms with Gasteiger partial charge >= 0.3 is 5.97 Å². The highest BCUT2D eigenvalue weighted by Crippen LogP contribution is 2.14. The molecular weight excluding hydrogens is 280 g/mol. The molecule has 0 atom stereocenters. The SMILES string of the molecule is CCN(CCC(=O)Nc1cccc(Cl)c1)CC(=O)OC. The first-order chi connectivity index (χ1) is 9.55. The minimum absolute atomic E-state index is 0.115. The number of amides is 1. The van der Waals surface area contributed by atoms with Crippen LogP contribution in [-0.4, -0.2) is 43.5 Å². The van der Waals surface area contributed by atoms with Gasteiger partial charge in [-0.3, -0.25) is 14.5 Å². The molecule has 0 radical (unpaired) electrons. The average molecular weight is 299 g/mol. The Morgan fingerprint density at radius 1 is 1.40 bits per heavy atom. The van der Waals surface area contributed by atoms with Gasteiger partial charge in [-0.15, -0.1) is 0 Å². The number of anilines is 1. The number of hydrogen-bond acceptors (Lipinski definition) is 4. The number of nitrogens with one attached hydrogen (secondary N) is 1. The quantitative estimate of drug-likeness (QED) is 0.784. The van der Waals surface area contributed by atoms with Crippen LogP contribution in [0.3, 0.4) is 0 Å². The van der Waals surface area contributed by atoms with Crippen LogP contribution in [0.5, 0.6) is 0 Å². The molecule has 0 bridgehead atoms. The second-order valence-corrected chi connectivity index (χ2v) is 4.69. The van der Waals surface area contributed by atoms with E-state index < -0.39 is 0 Å². The number of hydrogen-bond donors (Lipinski definition) is 1. The maximum atomic E-state index is 11.8. The van der Waals surface area contributed by atoms with Crippen LogP contribution >= 0.6 is 11.6 Å². The number of carbonyl (C=O) groups excluding carboxylic acids is 2. The maximum absolute atomic E-state index is 11.8. The minimum Gasteiger partial charge on any atom is -0.468 e. The highest BCUT2D eigenvalue weighted by molar-refractivity contribution is 6.30. The summed E-state index contributed by atoms with van der Waals surface area (Å²) in [5, 5.41) is 3.34. The molecule has 0 spiro atoms. The molecule has 0 aliphatic heterocycles. The molecule has 0 aromatic heterocycles. The molecule has 110 valence electrons. The Bertz CT molecular complexity index is 465. The lowest BCUT2D eigenvalue weighted by molar-refractivity contribution is -0.142. The van der Waals surface area contributed by atoms with Crippen molar-refractivity contribution in [1.82, 2.24) is 4.90 Å². The normalized spacial score (nSPS) is 10.4. The number of rotatable bonds is 7. The van der Waals surface area contributed by atoms with Gasteiger partial charge in [-0.25, -0.2) is 0 Å². The van der Waals surface area contributed by atoms with E-state index in [9.17, 15) is 9.59 Å². The maximum Gasteiger partial charge on any atom is 0.319 e. The van der Waals surface area contributed by atoms with Crippen molar-refractivity contribution >= 4 is 29.2 Å². The van der Waals surface area contributed by atoms with E-state index in [0.717, 1.165) is 0 Å². The predicted molar refractivity (Wildman–Crippen MR) is 78.8 cm³/mol. The lowest BCUT2D eigenvalue weighted by atomic mass is 10.3. The van der Waals surface area contributed by atoms with Crippen molar-refractivity contribution in [3.63, 3.8) is 0 Å². The summed E-state index contributed by atoms with van der Waals surface area (Å²) in [5.41, 5.74) is 0.665. The third-order valence-corrected chi connectivity index (χ3v) is 3.03. The van der Waals surface area contributed by atoms with Crippen molar-refractivity contribution in [1.29, 1.82) is 0 Å². The summed E-state index contributed by atoms with van der Waals surface area (Å²) in [6, 6.07) is 6.97. The van der Waals surface area contributed by atoms with Gasteiger partial charge in [-0.2, -0.15) is 0 Å². The lowest BCUT2D eigenvalue weighted by Gasteiger charge is -2.18. The van der Waals surface area contributed by atoms with Crippen LogP contribution in [-0.2, 0) is 14.3 Å². The van der Waals surface area contributed by atoms with Gasteiger partial charge in [-0.1, -0.05) is 24.6 Å². The van der Waals surface area contributed by atoms with Crippen molar-refractivity contribution in [3.8, 4) is 0 Å². The highest BCUT2D eigenvalue weighted by atomic mass is 35.5. The number of methoxy groups -OCH3 is 1. The Morgan fingerprint density at radius 3 is 2.75 bits per heavy atom. The second-order valence-electron chi connectivity index (χ2n) is 4.25. The molecule has 5 nitrogen and oxygen atoms in total. The number of halogens is 1. The number of nitrogens with zero attached hydrogens (tertiary/aromatic N) is 1. The van der Waals surface area contributed by atoms with Gasteiger partial charge in [0.1, 0.15) is 0 Å². The predicted octanol–water partition coefficient (Wildman–Crippen LogP) is 2.16. The summed E-state index contributed by atoms with van der Waals surface area (Å²) in [6.45, 7) is 3.30. The fraction of sp³-hybridized carbons (Fsp3) is 0.429. The van der Waals surface area contributed by atoms with Crippen LogP contribution in [0.2, 0.25) is 5.02 Å². The Balaban J connectivity index is 2.40. The Kier molecular flexibility index (Phi) is 7.04. The van der Waals surface area contributed by atoms with Gasteiger partial charge < -0.3 is 10.1 Å². The molecule has 1 amide bonds. The third kappa shape index (κ3) is 6.04. The summed E-state index contributed by atoms with van der Waals surface area (Å²) >= 11 is 5.84. The van der Waals surface area contributed by atoms with Crippen molar-refractivity contribution < 1.29 is 14.3 Å². The molecule has 1 aromatic carbocycles. The lowest BCUT2D eigenvalue weighted by Crippen LogP contribution is -2.33. The van der Waals surface area contributed by atoms with E-state index in [0.29, 0.717) is 30.2 Å². The van der Waals surface area contributed by atoms with E-state index in [1.165, 1.54) is 7.11 Å². The molecule has 0 heterocycles. The zero-order chi connectivity index (χ0) is 15.0. The van der Waals surface area contributed by atoms with E-state index in [-0.39, 0.29) is 18.4 Å². The van der Waals surface area contributed by atoms with Crippen molar-refractivity contribution in [2.45, 2.75) is 13.3 Å². The largest absolute Gasteiger partial charge is 0.468 e. The molecule has 1 rings (SSSR count). The molecule has 1 N–H and O–H groups in total. The van der Waals surface area contributed by atoms with E-state index in [4.69, 9.17) is 11.6 Å². The molecule has 0 aliphatic carbocycles. The van der Waals surface area contributed by atoms with E-state index in [1.807, 2.05) is 11.8 Å². The molecule has 0 aliphatic rings. The zero-order valence-corrected chi connectivity index (χ0v) is 12.4. The fourth-order valence-electron chi connectivity index (χ4n) is 1.65. The van der Waals surface area contributed by atoms with Gasteiger partial charge in [0, 0.05) is 23.7 Å². The first kappa shape index (κ1) is 16.5. The van der Waals surface area contributed by atoms with Crippen LogP contribution in [0.15, 0.2) is 24.3 Å². The van der Waals surface area contributed by atoms with E-state index in [2.05, 4.69) is 10.1 Å². The van der Waals surface area contributed by atoms with Gasteiger partial charge in [0.25, 0.3) is 0 Å². The summed E-state index contributed by atoms with van der Waals surface area (Å²) in [6.07, 6.45) is 0.303. The average Bonchev–Trinajstić information content (AvgIpc) is 2.43. The minimum atomic E-state index is -0.304. The van der Waals surface area contributed by atoms with Crippen molar-refractivity contribution in [2.75, 3.05) is 32.1 Å². The van der Waals surface area contributed by atoms with Crippen LogP contribution in [0.25, 0.3) is 0 Å². The number of benzene rings is 1. The molecule has 1 aromatic rings. The summed E-state index contributed by atoms with van der Waals surface area (Å²) < 4.78 is 4.60. The number of carbonyl (C=O) groups is 2.